The lowest BCUT2D eigenvalue weighted by molar-refractivity contribution is -0.142. The standard InChI is InChI=1S/C18H19ClN2O6S/c1-12(21-28(24,25)16-8-6-13(19)7-9-16)18(23)20-14-4-3-5-15(10-14)27-11-17(22)26-2/h3-10,12,21H,11H2,1-2H3,(H,20,23)/t12-/m0/s1. The molecule has 0 heterocycles. The maximum Gasteiger partial charge on any atom is 0.343 e. The predicted octanol–water partition coefficient (Wildman–Crippen LogP) is 2.20. The molecule has 0 fully saturated rings. The fourth-order valence-electron chi connectivity index (χ4n) is 2.08. The molecule has 8 nitrogen and oxygen atoms in total. The number of esters is 1. The summed E-state index contributed by atoms with van der Waals surface area (Å²) in [5.74, 6) is -0.764. The number of hydrogen-bond acceptors (Lipinski definition) is 6. The van der Waals surface area contributed by atoms with Crippen molar-refractivity contribution < 1.29 is 27.5 Å². The quantitative estimate of drug-likeness (QED) is 0.626. The van der Waals surface area contributed by atoms with Gasteiger partial charge in [-0.25, -0.2) is 13.2 Å². The van der Waals surface area contributed by atoms with Crippen molar-refractivity contribution >= 4 is 39.2 Å². The smallest absolute Gasteiger partial charge is 0.343 e. The van der Waals surface area contributed by atoms with E-state index in [4.69, 9.17) is 16.3 Å². The number of sulfonamides is 1. The van der Waals surface area contributed by atoms with E-state index in [0.29, 0.717) is 16.5 Å². The summed E-state index contributed by atoms with van der Waals surface area (Å²) in [4.78, 5) is 23.4. The largest absolute Gasteiger partial charge is 0.482 e. The van der Waals surface area contributed by atoms with Crippen LogP contribution in [0.4, 0.5) is 5.69 Å². The molecule has 0 saturated carbocycles. The number of benzene rings is 2. The first-order valence-corrected chi connectivity index (χ1v) is 9.96. The zero-order valence-corrected chi connectivity index (χ0v) is 16.7. The molecule has 0 unspecified atom stereocenters. The van der Waals surface area contributed by atoms with Crippen molar-refractivity contribution in [1.29, 1.82) is 0 Å². The normalized spacial score (nSPS) is 12.1. The Labute approximate surface area is 167 Å². The summed E-state index contributed by atoms with van der Waals surface area (Å²) in [6.45, 7) is 1.14. The molecule has 0 spiro atoms. The second-order valence-electron chi connectivity index (χ2n) is 5.68. The number of anilines is 1. The number of halogens is 1. The van der Waals surface area contributed by atoms with Crippen LogP contribution in [0, 0.1) is 0 Å². The maximum absolute atomic E-state index is 12.3. The van der Waals surface area contributed by atoms with Gasteiger partial charge in [0.05, 0.1) is 18.0 Å². The van der Waals surface area contributed by atoms with Gasteiger partial charge >= 0.3 is 5.97 Å². The highest BCUT2D eigenvalue weighted by Gasteiger charge is 2.22. The number of carbonyl (C=O) groups is 2. The van der Waals surface area contributed by atoms with Crippen molar-refractivity contribution in [2.75, 3.05) is 19.0 Å². The van der Waals surface area contributed by atoms with E-state index in [2.05, 4.69) is 14.8 Å². The van der Waals surface area contributed by atoms with Crippen molar-refractivity contribution in [3.63, 3.8) is 0 Å². The number of hydrogen-bond donors (Lipinski definition) is 2. The second-order valence-corrected chi connectivity index (χ2v) is 7.83. The fourth-order valence-corrected chi connectivity index (χ4v) is 3.41. The van der Waals surface area contributed by atoms with Crippen molar-refractivity contribution in [3.8, 4) is 5.75 Å². The van der Waals surface area contributed by atoms with Gasteiger partial charge in [-0.1, -0.05) is 17.7 Å². The van der Waals surface area contributed by atoms with Crippen LogP contribution >= 0.6 is 11.6 Å². The Hall–Kier alpha value is -2.62. The van der Waals surface area contributed by atoms with Crippen LogP contribution in [0.5, 0.6) is 5.75 Å². The van der Waals surface area contributed by atoms with Gasteiger partial charge in [0.25, 0.3) is 0 Å². The van der Waals surface area contributed by atoms with Gasteiger partial charge in [0, 0.05) is 16.8 Å². The van der Waals surface area contributed by atoms with Crippen molar-refractivity contribution in [2.24, 2.45) is 0 Å². The highest BCUT2D eigenvalue weighted by Crippen LogP contribution is 2.18. The zero-order chi connectivity index (χ0) is 20.7. The lowest BCUT2D eigenvalue weighted by Crippen LogP contribution is -2.41. The molecule has 2 N–H and O–H groups in total. The molecule has 2 rings (SSSR count). The average molecular weight is 427 g/mol. The van der Waals surface area contributed by atoms with Gasteiger partial charge in [-0.05, 0) is 43.3 Å². The molecule has 0 radical (unpaired) electrons. The summed E-state index contributed by atoms with van der Waals surface area (Å²) in [5, 5.41) is 2.99. The molecule has 2 aromatic rings. The number of amides is 1. The summed E-state index contributed by atoms with van der Waals surface area (Å²) >= 11 is 5.75. The summed E-state index contributed by atoms with van der Waals surface area (Å²) < 4.78 is 36.7. The topological polar surface area (TPSA) is 111 Å². The molecule has 10 heteroatoms. The third-order valence-corrected chi connectivity index (χ3v) is 5.34. The first kappa shape index (κ1) is 21.7. The van der Waals surface area contributed by atoms with Crippen LogP contribution in [-0.2, 0) is 24.3 Å². The van der Waals surface area contributed by atoms with E-state index in [1.807, 2.05) is 0 Å². The highest BCUT2D eigenvalue weighted by atomic mass is 35.5. The second kappa shape index (κ2) is 9.54. The van der Waals surface area contributed by atoms with Gasteiger partial charge in [0.2, 0.25) is 15.9 Å². The Morgan fingerprint density at radius 3 is 2.46 bits per heavy atom. The average Bonchev–Trinajstić information content (AvgIpc) is 2.66. The van der Waals surface area contributed by atoms with Crippen LogP contribution in [0.25, 0.3) is 0 Å². The van der Waals surface area contributed by atoms with Crippen LogP contribution in [0.2, 0.25) is 5.02 Å². The highest BCUT2D eigenvalue weighted by molar-refractivity contribution is 7.89. The van der Waals surface area contributed by atoms with Gasteiger partial charge in [0.1, 0.15) is 5.75 Å². The number of ether oxygens (including phenoxy) is 2. The first-order chi connectivity index (χ1) is 13.2. The van der Waals surface area contributed by atoms with Crippen LogP contribution < -0.4 is 14.8 Å². The molecule has 0 aliphatic carbocycles. The molecule has 0 saturated heterocycles. The van der Waals surface area contributed by atoms with E-state index in [9.17, 15) is 18.0 Å². The monoisotopic (exact) mass is 426 g/mol. The zero-order valence-electron chi connectivity index (χ0n) is 15.1. The summed E-state index contributed by atoms with van der Waals surface area (Å²) in [6, 6.07) is 10.9. The Bertz CT molecular complexity index is 947. The van der Waals surface area contributed by atoms with Gasteiger partial charge in [-0.2, -0.15) is 4.72 Å². The molecule has 0 bridgehead atoms. The van der Waals surface area contributed by atoms with E-state index >= 15 is 0 Å². The lowest BCUT2D eigenvalue weighted by atomic mass is 10.2. The SMILES string of the molecule is COC(=O)COc1cccc(NC(=O)[C@H](C)NS(=O)(=O)c2ccc(Cl)cc2)c1. The van der Waals surface area contributed by atoms with Crippen LogP contribution in [0.3, 0.4) is 0 Å². The van der Waals surface area contributed by atoms with Gasteiger partial charge in [0.15, 0.2) is 6.61 Å². The minimum absolute atomic E-state index is 0.00485. The van der Waals surface area contributed by atoms with Gasteiger partial charge in [-0.15, -0.1) is 0 Å². The summed E-state index contributed by atoms with van der Waals surface area (Å²) in [7, 11) is -2.64. The molecule has 28 heavy (non-hydrogen) atoms. The summed E-state index contributed by atoms with van der Waals surface area (Å²) in [5.41, 5.74) is 0.380. The van der Waals surface area contributed by atoms with Crippen molar-refractivity contribution in [3.05, 3.63) is 53.6 Å². The molecule has 150 valence electrons. The molecule has 1 atom stereocenters. The molecule has 0 aliphatic heterocycles. The molecule has 1 amide bonds. The lowest BCUT2D eigenvalue weighted by Gasteiger charge is -2.15. The molecule has 2 aromatic carbocycles. The summed E-state index contributed by atoms with van der Waals surface area (Å²) in [6.07, 6.45) is 0. The third kappa shape index (κ3) is 6.22. The third-order valence-electron chi connectivity index (χ3n) is 3.54. The number of carbonyl (C=O) groups excluding carboxylic acids is 2. The molecule has 0 aromatic heterocycles. The Morgan fingerprint density at radius 1 is 1.14 bits per heavy atom. The van der Waals surface area contributed by atoms with E-state index in [-0.39, 0.29) is 11.5 Å². The first-order valence-electron chi connectivity index (χ1n) is 8.09. The van der Waals surface area contributed by atoms with Gasteiger partial charge in [-0.3, -0.25) is 4.79 Å². The Balaban J connectivity index is 2.00. The fraction of sp³-hybridized carbons (Fsp3) is 0.222. The Morgan fingerprint density at radius 2 is 1.82 bits per heavy atom. The van der Waals surface area contributed by atoms with Crippen LogP contribution in [0.15, 0.2) is 53.4 Å². The molecular formula is C18H19ClN2O6S. The van der Waals surface area contributed by atoms with Crippen molar-refractivity contribution in [2.45, 2.75) is 17.9 Å². The van der Waals surface area contributed by atoms with Crippen molar-refractivity contribution in [1.82, 2.24) is 4.72 Å². The van der Waals surface area contributed by atoms with E-state index < -0.39 is 27.9 Å². The van der Waals surface area contributed by atoms with E-state index in [1.165, 1.54) is 44.4 Å². The van der Waals surface area contributed by atoms with Crippen LogP contribution in [0.1, 0.15) is 6.92 Å². The molecular weight excluding hydrogens is 408 g/mol. The van der Waals surface area contributed by atoms with E-state index in [0.717, 1.165) is 0 Å². The van der Waals surface area contributed by atoms with Gasteiger partial charge < -0.3 is 14.8 Å². The van der Waals surface area contributed by atoms with E-state index in [1.54, 1.807) is 18.2 Å². The minimum atomic E-state index is -3.89. The minimum Gasteiger partial charge on any atom is -0.482 e. The number of nitrogens with one attached hydrogen (secondary N) is 2. The Kier molecular flexibility index (Phi) is 7.38. The number of methoxy groups -OCH3 is 1. The number of rotatable bonds is 8. The van der Waals surface area contributed by atoms with Crippen LogP contribution in [-0.4, -0.2) is 40.1 Å². The maximum atomic E-state index is 12.3. The molecule has 0 aliphatic rings. The predicted molar refractivity (Wildman–Crippen MR) is 104 cm³/mol.